The van der Waals surface area contributed by atoms with Crippen molar-refractivity contribution in [3.63, 3.8) is 0 Å². The Morgan fingerprint density at radius 2 is 1.82 bits per heavy atom. The van der Waals surface area contributed by atoms with Gasteiger partial charge in [0.05, 0.1) is 30.6 Å². The Bertz CT molecular complexity index is 1220. The van der Waals surface area contributed by atoms with Crippen LogP contribution in [0.25, 0.3) is 22.3 Å². The molecule has 1 fully saturated rings. The Labute approximate surface area is 191 Å². The summed E-state index contributed by atoms with van der Waals surface area (Å²) in [6, 6.07) is 3.99. The van der Waals surface area contributed by atoms with Crippen LogP contribution in [0.1, 0.15) is 25.3 Å². The minimum atomic E-state index is -0.0590. The summed E-state index contributed by atoms with van der Waals surface area (Å²) in [4.78, 5) is 48.4. The molecule has 5 heterocycles. The number of hydrogen-bond acceptors (Lipinski definition) is 7. The van der Waals surface area contributed by atoms with E-state index in [0.717, 1.165) is 22.3 Å². The Morgan fingerprint density at radius 1 is 1.09 bits per heavy atom. The van der Waals surface area contributed by atoms with Crippen LogP contribution in [0, 0.1) is 0 Å². The van der Waals surface area contributed by atoms with Gasteiger partial charge in [0.2, 0.25) is 5.91 Å². The molecule has 0 radical (unpaired) electrons. The van der Waals surface area contributed by atoms with E-state index in [1.165, 1.54) is 7.11 Å². The van der Waals surface area contributed by atoms with Crippen molar-refractivity contribution in [2.24, 2.45) is 0 Å². The second kappa shape index (κ2) is 8.27. The van der Waals surface area contributed by atoms with E-state index < -0.39 is 0 Å². The molecule has 3 amide bonds. The molecule has 170 valence electrons. The molecule has 5 rings (SSSR count). The summed E-state index contributed by atoms with van der Waals surface area (Å²) in [5.74, 6) is 0.0682. The number of methoxy groups -OCH3 is 1. The number of carbonyl (C=O) groups is 2. The summed E-state index contributed by atoms with van der Waals surface area (Å²) in [5, 5.41) is 0. The molecule has 0 N–H and O–H groups in total. The van der Waals surface area contributed by atoms with Crippen LogP contribution in [0.2, 0.25) is 0 Å². The van der Waals surface area contributed by atoms with Crippen LogP contribution < -0.4 is 9.64 Å². The van der Waals surface area contributed by atoms with Crippen LogP contribution in [0.15, 0.2) is 30.7 Å². The normalized spacial score (nSPS) is 16.8. The van der Waals surface area contributed by atoms with Crippen molar-refractivity contribution in [1.29, 1.82) is 0 Å². The maximum Gasteiger partial charge on any atom is 0.324 e. The number of rotatable bonds is 3. The smallest absolute Gasteiger partial charge is 0.324 e. The number of pyridine rings is 2. The number of ether oxygens (including phenoxy) is 1. The van der Waals surface area contributed by atoms with Gasteiger partial charge in [0.1, 0.15) is 5.52 Å². The van der Waals surface area contributed by atoms with Gasteiger partial charge in [-0.2, -0.15) is 0 Å². The maximum atomic E-state index is 13.4. The largest absolute Gasteiger partial charge is 0.467 e. The van der Waals surface area contributed by atoms with Crippen molar-refractivity contribution in [2.75, 3.05) is 32.1 Å². The lowest BCUT2D eigenvalue weighted by molar-refractivity contribution is -0.129. The number of urea groups is 1. The average molecular weight is 447 g/mol. The van der Waals surface area contributed by atoms with Crippen LogP contribution in [0.4, 0.5) is 10.5 Å². The monoisotopic (exact) mass is 447 g/mol. The quantitative estimate of drug-likeness (QED) is 0.607. The zero-order chi connectivity index (χ0) is 23.1. The Balaban J connectivity index is 1.59. The molecule has 2 aliphatic heterocycles. The molecule has 3 aromatic heterocycles. The summed E-state index contributed by atoms with van der Waals surface area (Å²) in [6.45, 7) is 3.32. The van der Waals surface area contributed by atoms with Gasteiger partial charge in [-0.05, 0) is 25.0 Å². The van der Waals surface area contributed by atoms with Gasteiger partial charge in [-0.3, -0.25) is 14.7 Å². The number of amides is 3. The van der Waals surface area contributed by atoms with Crippen molar-refractivity contribution in [1.82, 2.24) is 29.7 Å². The summed E-state index contributed by atoms with van der Waals surface area (Å²) in [7, 11) is 3.32. The van der Waals surface area contributed by atoms with Crippen molar-refractivity contribution in [3.8, 4) is 17.3 Å². The first-order valence-electron chi connectivity index (χ1n) is 10.9. The molecule has 1 saturated heterocycles. The number of anilines is 1. The van der Waals surface area contributed by atoms with Gasteiger partial charge in [-0.1, -0.05) is 0 Å². The second-order valence-electron chi connectivity index (χ2n) is 8.40. The molecule has 0 aliphatic carbocycles. The summed E-state index contributed by atoms with van der Waals surface area (Å²) in [5.41, 5.74) is 4.59. The molecule has 0 saturated carbocycles. The fraction of sp³-hybridized carbons (Fsp3) is 0.391. The first-order chi connectivity index (χ1) is 16.0. The van der Waals surface area contributed by atoms with E-state index >= 15 is 0 Å². The maximum absolute atomic E-state index is 13.4. The van der Waals surface area contributed by atoms with Crippen LogP contribution in [0.3, 0.4) is 0 Å². The summed E-state index contributed by atoms with van der Waals surface area (Å²) < 4.78 is 5.05. The molecule has 0 bridgehead atoms. The lowest BCUT2D eigenvalue weighted by Crippen LogP contribution is -2.54. The fourth-order valence-corrected chi connectivity index (χ4v) is 4.57. The molecule has 33 heavy (non-hydrogen) atoms. The molecule has 0 spiro atoms. The summed E-state index contributed by atoms with van der Waals surface area (Å²) in [6.07, 6.45) is 6.59. The number of fused-ring (bicyclic) bond motifs is 3. The van der Waals surface area contributed by atoms with Crippen LogP contribution >= 0.6 is 0 Å². The number of nitrogens with zero attached hydrogens (tertiary/aromatic N) is 7. The van der Waals surface area contributed by atoms with Crippen LogP contribution in [-0.2, 0) is 11.3 Å². The Morgan fingerprint density at radius 3 is 2.48 bits per heavy atom. The number of carbonyl (C=O) groups excluding carboxylic acids is 2. The van der Waals surface area contributed by atoms with E-state index in [2.05, 4.69) is 15.0 Å². The standard InChI is InChI=1S/C23H25N7O3/c1-14(31)29-8-6-17(7-9-29)30-21-16(13-28(2)23(30)32)12-24-19-5-4-18(27-20(19)21)15-10-25-22(33-3)26-11-15/h4-5,10-12,17H,6-9,13H2,1-3H3. The molecule has 10 heteroatoms. The molecule has 2 aliphatic rings. The molecule has 0 unspecified atom stereocenters. The predicted octanol–water partition coefficient (Wildman–Crippen LogP) is 2.48. The predicted molar refractivity (Wildman–Crippen MR) is 122 cm³/mol. The number of hydrogen-bond donors (Lipinski definition) is 0. The van der Waals surface area contributed by atoms with E-state index in [9.17, 15) is 9.59 Å². The second-order valence-corrected chi connectivity index (χ2v) is 8.40. The van der Waals surface area contributed by atoms with E-state index in [1.54, 1.807) is 31.3 Å². The zero-order valence-electron chi connectivity index (χ0n) is 18.9. The van der Waals surface area contributed by atoms with E-state index in [1.807, 2.05) is 28.1 Å². The highest BCUT2D eigenvalue weighted by Crippen LogP contribution is 2.37. The first kappa shape index (κ1) is 21.0. The third-order valence-corrected chi connectivity index (χ3v) is 6.32. The molecular weight excluding hydrogens is 422 g/mol. The highest BCUT2D eigenvalue weighted by molar-refractivity contribution is 6.04. The van der Waals surface area contributed by atoms with Gasteiger partial charge in [0.15, 0.2) is 0 Å². The number of piperidine rings is 1. The molecule has 10 nitrogen and oxygen atoms in total. The van der Waals surface area contributed by atoms with Crippen LogP contribution in [-0.4, -0.2) is 75.0 Å². The Kier molecular flexibility index (Phi) is 5.27. The van der Waals surface area contributed by atoms with Crippen molar-refractivity contribution >= 4 is 28.7 Å². The molecule has 0 aromatic carbocycles. The van der Waals surface area contributed by atoms with Gasteiger partial charge in [-0.15, -0.1) is 0 Å². The number of likely N-dealkylation sites (tertiary alicyclic amines) is 1. The third kappa shape index (κ3) is 3.71. The highest BCUT2D eigenvalue weighted by atomic mass is 16.5. The molecule has 3 aromatic rings. The Hall–Kier alpha value is -3.82. The topological polar surface area (TPSA) is 105 Å². The fourth-order valence-electron chi connectivity index (χ4n) is 4.57. The average Bonchev–Trinajstić information content (AvgIpc) is 2.84. The van der Waals surface area contributed by atoms with Gasteiger partial charge in [0, 0.05) is 62.8 Å². The van der Waals surface area contributed by atoms with E-state index in [0.29, 0.717) is 43.7 Å². The van der Waals surface area contributed by atoms with Gasteiger partial charge < -0.3 is 14.5 Å². The minimum absolute atomic E-state index is 0.0185. The van der Waals surface area contributed by atoms with Gasteiger partial charge in [0.25, 0.3) is 0 Å². The zero-order valence-corrected chi connectivity index (χ0v) is 18.9. The molecule has 0 atom stereocenters. The SMILES string of the molecule is COc1ncc(-c2ccc3ncc4c(c3n2)N(C2CCN(C(C)=O)CC2)C(=O)N(C)C4)cn1. The van der Waals surface area contributed by atoms with Crippen LogP contribution in [0.5, 0.6) is 6.01 Å². The molecular formula is C23H25N7O3. The lowest BCUT2D eigenvalue weighted by Gasteiger charge is -2.43. The van der Waals surface area contributed by atoms with Gasteiger partial charge in [-0.25, -0.2) is 19.7 Å². The van der Waals surface area contributed by atoms with Crippen molar-refractivity contribution < 1.29 is 14.3 Å². The van der Waals surface area contributed by atoms with Gasteiger partial charge >= 0.3 is 12.0 Å². The third-order valence-electron chi connectivity index (χ3n) is 6.32. The lowest BCUT2D eigenvalue weighted by atomic mass is 9.99. The van der Waals surface area contributed by atoms with E-state index in [4.69, 9.17) is 9.72 Å². The highest BCUT2D eigenvalue weighted by Gasteiger charge is 2.37. The van der Waals surface area contributed by atoms with Crippen molar-refractivity contribution in [2.45, 2.75) is 32.4 Å². The number of aromatic nitrogens is 4. The summed E-state index contributed by atoms with van der Waals surface area (Å²) >= 11 is 0. The van der Waals surface area contributed by atoms with Crippen molar-refractivity contribution in [3.05, 3.63) is 36.3 Å². The first-order valence-corrected chi connectivity index (χ1v) is 10.9. The van der Waals surface area contributed by atoms with E-state index in [-0.39, 0.29) is 24.0 Å². The minimum Gasteiger partial charge on any atom is -0.467 e.